The largest absolute Gasteiger partial charge is 0.365 e. The lowest BCUT2D eigenvalue weighted by atomic mass is 10.2. The van der Waals surface area contributed by atoms with Crippen molar-refractivity contribution in [3.8, 4) is 0 Å². The molecule has 7 heteroatoms. The first-order valence-corrected chi connectivity index (χ1v) is 5.72. The van der Waals surface area contributed by atoms with Crippen LogP contribution in [0.15, 0.2) is 30.2 Å². The number of nitro groups is 1. The Labute approximate surface area is 108 Å². The predicted octanol–water partition coefficient (Wildman–Crippen LogP) is 1.96. The molecule has 0 amide bonds. The van der Waals surface area contributed by atoms with Crippen molar-refractivity contribution in [3.63, 3.8) is 0 Å². The Morgan fingerprint density at radius 2 is 2.39 bits per heavy atom. The fourth-order valence-electron chi connectivity index (χ4n) is 1.80. The van der Waals surface area contributed by atoms with Crippen LogP contribution in [0.25, 0.3) is 0 Å². The summed E-state index contributed by atoms with van der Waals surface area (Å²) in [5, 5.41) is 13.4. The van der Waals surface area contributed by atoms with E-state index in [0.29, 0.717) is 25.5 Å². The second-order valence-electron chi connectivity index (χ2n) is 3.90. The summed E-state index contributed by atoms with van der Waals surface area (Å²) in [4.78, 5) is 11.7. The van der Waals surface area contributed by atoms with Crippen molar-refractivity contribution >= 4 is 11.6 Å². The third-order valence-corrected chi connectivity index (χ3v) is 2.92. The van der Waals surface area contributed by atoms with Crippen molar-refractivity contribution in [3.05, 3.63) is 56.7 Å². The molecule has 0 atom stereocenters. The van der Waals surface area contributed by atoms with Crippen molar-refractivity contribution < 1.29 is 9.31 Å². The molecule has 18 heavy (non-hydrogen) atoms. The molecule has 1 aromatic carbocycles. The summed E-state index contributed by atoms with van der Waals surface area (Å²) in [6, 6.07) is 4.52. The van der Waals surface area contributed by atoms with Crippen molar-refractivity contribution in [2.75, 3.05) is 13.1 Å². The van der Waals surface area contributed by atoms with Crippen molar-refractivity contribution in [1.82, 2.24) is 10.2 Å². The predicted molar refractivity (Wildman–Crippen MR) is 64.9 cm³/mol. The molecule has 0 bridgehead atoms. The Morgan fingerprint density at radius 1 is 1.61 bits per heavy atom. The molecule has 0 aliphatic carbocycles. The van der Waals surface area contributed by atoms with E-state index in [1.165, 1.54) is 12.1 Å². The Hall–Kier alpha value is -1.82. The van der Waals surface area contributed by atoms with E-state index in [4.69, 9.17) is 11.6 Å². The molecule has 96 valence electrons. The number of halogens is 2. The quantitative estimate of drug-likeness (QED) is 0.674. The van der Waals surface area contributed by atoms with Crippen LogP contribution in [0.1, 0.15) is 5.56 Å². The summed E-state index contributed by atoms with van der Waals surface area (Å²) < 4.78 is 13.3. The molecular formula is C11H11ClFN3O2. The number of nitrogens with one attached hydrogen (secondary N) is 1. The van der Waals surface area contributed by atoms with Gasteiger partial charge in [0.15, 0.2) is 5.82 Å². The van der Waals surface area contributed by atoms with E-state index < -0.39 is 10.7 Å². The molecule has 0 unspecified atom stereocenters. The molecule has 0 saturated carbocycles. The van der Waals surface area contributed by atoms with Crippen LogP contribution in [0.4, 0.5) is 4.39 Å². The third-order valence-electron chi connectivity index (χ3n) is 2.61. The van der Waals surface area contributed by atoms with E-state index in [2.05, 4.69) is 5.32 Å². The highest BCUT2D eigenvalue weighted by molar-refractivity contribution is 6.30. The van der Waals surface area contributed by atoms with Crippen LogP contribution in [-0.4, -0.2) is 22.9 Å². The van der Waals surface area contributed by atoms with Gasteiger partial charge < -0.3 is 10.2 Å². The second kappa shape index (κ2) is 5.22. The third kappa shape index (κ3) is 2.89. The first kappa shape index (κ1) is 12.6. The van der Waals surface area contributed by atoms with Crippen molar-refractivity contribution in [2.24, 2.45) is 0 Å². The molecule has 1 aromatic rings. The fourth-order valence-corrected chi connectivity index (χ4v) is 1.92. The zero-order valence-corrected chi connectivity index (χ0v) is 10.2. The van der Waals surface area contributed by atoms with Gasteiger partial charge in [0.2, 0.25) is 0 Å². The first-order chi connectivity index (χ1) is 8.56. The molecule has 0 spiro atoms. The Bertz CT molecular complexity index is 507. The lowest BCUT2D eigenvalue weighted by Crippen LogP contribution is -2.20. The van der Waals surface area contributed by atoms with E-state index in [0.717, 1.165) is 11.8 Å². The Kier molecular flexibility index (Phi) is 3.66. The molecule has 1 aliphatic rings. The maximum atomic E-state index is 13.3. The first-order valence-electron chi connectivity index (χ1n) is 5.34. The number of benzene rings is 1. The van der Waals surface area contributed by atoms with Gasteiger partial charge in [-0.25, -0.2) is 4.39 Å². The molecule has 1 N–H and O–H groups in total. The topological polar surface area (TPSA) is 58.4 Å². The van der Waals surface area contributed by atoms with Crippen LogP contribution < -0.4 is 5.32 Å². The number of rotatable bonds is 3. The number of hydrogen-bond donors (Lipinski definition) is 1. The summed E-state index contributed by atoms with van der Waals surface area (Å²) in [7, 11) is 0. The van der Waals surface area contributed by atoms with Gasteiger partial charge in [0, 0.05) is 19.6 Å². The van der Waals surface area contributed by atoms with E-state index in [9.17, 15) is 14.5 Å². The minimum absolute atomic E-state index is 0.0688. The summed E-state index contributed by atoms with van der Waals surface area (Å²) >= 11 is 5.59. The highest BCUT2D eigenvalue weighted by atomic mass is 35.5. The summed E-state index contributed by atoms with van der Waals surface area (Å²) in [6.45, 7) is 1.68. The van der Waals surface area contributed by atoms with Crippen LogP contribution in [0.3, 0.4) is 0 Å². The van der Waals surface area contributed by atoms with E-state index in [-0.39, 0.29) is 5.02 Å². The molecular weight excluding hydrogens is 261 g/mol. The van der Waals surface area contributed by atoms with Gasteiger partial charge in [-0.05, 0) is 17.7 Å². The van der Waals surface area contributed by atoms with Crippen molar-refractivity contribution in [1.29, 1.82) is 0 Å². The average Bonchev–Trinajstić information content (AvgIpc) is 2.70. The van der Waals surface area contributed by atoms with E-state index in [1.54, 1.807) is 11.0 Å². The van der Waals surface area contributed by atoms with Gasteiger partial charge in [-0.3, -0.25) is 10.1 Å². The highest BCUT2D eigenvalue weighted by Gasteiger charge is 2.19. The molecule has 2 rings (SSSR count). The zero-order valence-electron chi connectivity index (χ0n) is 9.40. The van der Waals surface area contributed by atoms with Crippen LogP contribution in [0.5, 0.6) is 0 Å². The van der Waals surface area contributed by atoms with Gasteiger partial charge in [0.1, 0.15) is 5.82 Å². The highest BCUT2D eigenvalue weighted by Crippen LogP contribution is 2.18. The lowest BCUT2D eigenvalue weighted by Gasteiger charge is -2.17. The smallest absolute Gasteiger partial charge is 0.274 e. The molecule has 1 aliphatic heterocycles. The summed E-state index contributed by atoms with van der Waals surface area (Å²) in [5.41, 5.74) is 0.717. The molecule has 1 saturated heterocycles. The van der Waals surface area contributed by atoms with E-state index >= 15 is 0 Å². The summed E-state index contributed by atoms with van der Waals surface area (Å²) in [5.74, 6) is -0.0449. The van der Waals surface area contributed by atoms with Gasteiger partial charge in [-0.1, -0.05) is 17.7 Å². The summed E-state index contributed by atoms with van der Waals surface area (Å²) in [6.07, 6.45) is 0.916. The molecule has 5 nitrogen and oxygen atoms in total. The van der Waals surface area contributed by atoms with Gasteiger partial charge in [-0.2, -0.15) is 0 Å². The van der Waals surface area contributed by atoms with E-state index in [1.807, 2.05) is 0 Å². The van der Waals surface area contributed by atoms with Gasteiger partial charge >= 0.3 is 0 Å². The van der Waals surface area contributed by atoms with Gasteiger partial charge in [0.25, 0.3) is 6.20 Å². The maximum Gasteiger partial charge on any atom is 0.274 e. The standard InChI is InChI=1S/C11H11ClFN3O2/c12-9-2-1-8(5-10(9)13)6-15-4-3-14-11(15)7-16(17)18/h1-2,5,7,14H,3-4,6H2. The molecule has 0 aromatic heterocycles. The lowest BCUT2D eigenvalue weighted by molar-refractivity contribution is -0.404. The van der Waals surface area contributed by atoms with Crippen molar-refractivity contribution in [2.45, 2.75) is 6.54 Å². The fraction of sp³-hybridized carbons (Fsp3) is 0.273. The van der Waals surface area contributed by atoms with Crippen LogP contribution in [0, 0.1) is 15.9 Å². The van der Waals surface area contributed by atoms with Crippen LogP contribution in [-0.2, 0) is 6.54 Å². The molecule has 1 fully saturated rings. The van der Waals surface area contributed by atoms with Crippen LogP contribution in [0.2, 0.25) is 5.02 Å². The zero-order chi connectivity index (χ0) is 13.1. The maximum absolute atomic E-state index is 13.3. The van der Waals surface area contributed by atoms with Gasteiger partial charge in [-0.15, -0.1) is 0 Å². The number of hydrogen-bond acceptors (Lipinski definition) is 4. The Morgan fingerprint density at radius 3 is 3.06 bits per heavy atom. The normalized spacial score (nSPS) is 17.0. The minimum Gasteiger partial charge on any atom is -0.365 e. The SMILES string of the molecule is O=[N+]([O-])C=C1NCCN1Cc1ccc(Cl)c(F)c1. The average molecular weight is 272 g/mol. The van der Waals surface area contributed by atoms with Gasteiger partial charge in [0.05, 0.1) is 9.95 Å². The molecule has 1 heterocycles. The van der Waals surface area contributed by atoms with Crippen LogP contribution >= 0.6 is 11.6 Å². The number of nitrogens with zero attached hydrogens (tertiary/aromatic N) is 2. The minimum atomic E-state index is -0.511. The second-order valence-corrected chi connectivity index (χ2v) is 4.30. The molecule has 0 radical (unpaired) electrons. The Balaban J connectivity index is 2.13. The monoisotopic (exact) mass is 271 g/mol.